The van der Waals surface area contributed by atoms with Crippen LogP contribution in [0.4, 0.5) is 5.13 Å². The van der Waals surface area contributed by atoms with Crippen LogP contribution in [0.2, 0.25) is 0 Å². The van der Waals surface area contributed by atoms with Crippen molar-refractivity contribution < 1.29 is 4.79 Å². The molecule has 1 aliphatic rings. The Morgan fingerprint density at radius 1 is 1.50 bits per heavy atom. The molecule has 0 saturated heterocycles. The van der Waals surface area contributed by atoms with E-state index in [4.69, 9.17) is 5.73 Å². The lowest BCUT2D eigenvalue weighted by Gasteiger charge is -2.16. The van der Waals surface area contributed by atoms with Crippen molar-refractivity contribution in [2.45, 2.75) is 45.4 Å². The minimum Gasteiger partial charge on any atom is -0.330 e. The summed E-state index contributed by atoms with van der Waals surface area (Å²) < 4.78 is 0. The predicted molar refractivity (Wildman–Crippen MR) is 86.6 cm³/mol. The number of hydrogen-bond donors (Lipinski definition) is 2. The number of carbonyl (C=O) groups excluding carboxylic acids is 1. The van der Waals surface area contributed by atoms with Crippen molar-refractivity contribution in [1.82, 2.24) is 4.98 Å². The highest BCUT2D eigenvalue weighted by molar-refractivity contribution is 7.15. The number of rotatable bonds is 3. The van der Waals surface area contributed by atoms with Gasteiger partial charge in [-0.05, 0) is 30.7 Å². The zero-order valence-electron chi connectivity index (χ0n) is 12.3. The second-order valence-corrected chi connectivity index (χ2v) is 7.33. The Morgan fingerprint density at radius 2 is 2.20 bits per heavy atom. The zero-order chi connectivity index (χ0) is 14.0. The summed E-state index contributed by atoms with van der Waals surface area (Å²) >= 11 is 1.56. The Hall–Kier alpha value is -0.650. The molecular weight excluding hydrogens is 294 g/mol. The topological polar surface area (TPSA) is 68.0 Å². The summed E-state index contributed by atoms with van der Waals surface area (Å²) in [5, 5.41) is 3.66. The zero-order valence-corrected chi connectivity index (χ0v) is 13.9. The van der Waals surface area contributed by atoms with E-state index < -0.39 is 0 Å². The normalized spacial score (nSPS) is 22.4. The summed E-state index contributed by atoms with van der Waals surface area (Å²) in [5.41, 5.74) is 5.80. The summed E-state index contributed by atoms with van der Waals surface area (Å²) in [4.78, 5) is 17.7. The molecule has 1 aliphatic carbocycles. The Balaban J connectivity index is 0.00000200. The van der Waals surface area contributed by atoms with Crippen molar-refractivity contribution in [2.75, 3.05) is 11.9 Å². The average molecular weight is 318 g/mol. The number of nitrogens with one attached hydrogen (secondary N) is 1. The number of aromatic nitrogens is 1. The number of hydrogen-bond acceptors (Lipinski definition) is 4. The molecule has 1 amide bonds. The third kappa shape index (κ3) is 3.93. The van der Waals surface area contributed by atoms with E-state index >= 15 is 0 Å². The van der Waals surface area contributed by atoms with Gasteiger partial charge in [0.15, 0.2) is 5.13 Å². The van der Waals surface area contributed by atoms with Gasteiger partial charge in [0.05, 0.1) is 0 Å². The van der Waals surface area contributed by atoms with E-state index in [9.17, 15) is 4.79 Å². The molecule has 0 spiro atoms. The first-order valence-corrected chi connectivity index (χ1v) is 7.70. The van der Waals surface area contributed by atoms with Crippen LogP contribution in [-0.2, 0) is 10.2 Å². The van der Waals surface area contributed by atoms with Gasteiger partial charge < -0.3 is 11.1 Å². The van der Waals surface area contributed by atoms with Gasteiger partial charge in [0.1, 0.15) is 0 Å². The molecule has 1 fully saturated rings. The Kier molecular flexibility index (Phi) is 5.98. The Bertz CT molecular complexity index is 456. The lowest BCUT2D eigenvalue weighted by molar-refractivity contribution is -0.120. The maximum absolute atomic E-state index is 12.2. The summed E-state index contributed by atoms with van der Waals surface area (Å²) in [6.07, 6.45) is 4.98. The van der Waals surface area contributed by atoms with Gasteiger partial charge in [0.25, 0.3) is 0 Å². The van der Waals surface area contributed by atoms with Crippen molar-refractivity contribution in [1.29, 1.82) is 0 Å². The smallest absolute Gasteiger partial charge is 0.229 e. The molecular formula is C14H24ClN3OS. The molecule has 2 atom stereocenters. The van der Waals surface area contributed by atoms with E-state index in [2.05, 4.69) is 31.1 Å². The first-order valence-electron chi connectivity index (χ1n) is 6.89. The summed E-state index contributed by atoms with van der Waals surface area (Å²) in [6, 6.07) is 0. The van der Waals surface area contributed by atoms with Crippen molar-refractivity contribution in [2.24, 2.45) is 17.6 Å². The molecule has 0 radical (unpaired) electrons. The molecule has 0 unspecified atom stereocenters. The molecule has 0 bridgehead atoms. The minimum absolute atomic E-state index is 0. The number of amides is 1. The van der Waals surface area contributed by atoms with Gasteiger partial charge in [-0.2, -0.15) is 0 Å². The van der Waals surface area contributed by atoms with Crippen molar-refractivity contribution in [3.63, 3.8) is 0 Å². The SMILES string of the molecule is CC(C)(C)c1cnc(NC(=O)[C@@H]2CCC[C@@H]2CN)s1.Cl. The maximum atomic E-state index is 12.2. The van der Waals surface area contributed by atoms with Crippen LogP contribution in [0.15, 0.2) is 6.20 Å². The van der Waals surface area contributed by atoms with E-state index in [-0.39, 0.29) is 29.6 Å². The number of carbonyl (C=O) groups is 1. The second-order valence-electron chi connectivity index (χ2n) is 6.30. The average Bonchev–Trinajstić information content (AvgIpc) is 2.95. The van der Waals surface area contributed by atoms with Crippen LogP contribution in [-0.4, -0.2) is 17.4 Å². The van der Waals surface area contributed by atoms with Crippen molar-refractivity contribution in [3.05, 3.63) is 11.1 Å². The Labute approximate surface area is 131 Å². The van der Waals surface area contributed by atoms with Crippen LogP contribution in [0.25, 0.3) is 0 Å². The molecule has 114 valence electrons. The molecule has 3 N–H and O–H groups in total. The third-order valence-electron chi connectivity index (χ3n) is 3.77. The monoisotopic (exact) mass is 317 g/mol. The summed E-state index contributed by atoms with van der Waals surface area (Å²) in [6.45, 7) is 7.04. The quantitative estimate of drug-likeness (QED) is 0.899. The van der Waals surface area contributed by atoms with E-state index in [0.29, 0.717) is 17.6 Å². The number of halogens is 1. The van der Waals surface area contributed by atoms with Crippen molar-refractivity contribution in [3.8, 4) is 0 Å². The summed E-state index contributed by atoms with van der Waals surface area (Å²) in [7, 11) is 0. The van der Waals surface area contributed by atoms with Crippen LogP contribution in [0, 0.1) is 11.8 Å². The van der Waals surface area contributed by atoms with E-state index in [1.54, 1.807) is 11.3 Å². The number of thiazole rings is 1. The lowest BCUT2D eigenvalue weighted by Crippen LogP contribution is -2.29. The van der Waals surface area contributed by atoms with Crippen LogP contribution < -0.4 is 11.1 Å². The fourth-order valence-corrected chi connectivity index (χ4v) is 3.42. The molecule has 2 rings (SSSR count). The molecule has 6 heteroatoms. The molecule has 20 heavy (non-hydrogen) atoms. The van der Waals surface area contributed by atoms with Crippen LogP contribution in [0.1, 0.15) is 44.9 Å². The fourth-order valence-electron chi connectivity index (χ4n) is 2.54. The van der Waals surface area contributed by atoms with Gasteiger partial charge in [-0.15, -0.1) is 23.7 Å². The first-order chi connectivity index (χ1) is 8.91. The van der Waals surface area contributed by atoms with Crippen molar-refractivity contribution >= 4 is 34.8 Å². The molecule has 4 nitrogen and oxygen atoms in total. The molecule has 0 aromatic carbocycles. The Morgan fingerprint density at radius 3 is 2.75 bits per heavy atom. The van der Waals surface area contributed by atoms with Gasteiger partial charge in [0.2, 0.25) is 5.91 Å². The van der Waals surface area contributed by atoms with E-state index in [0.717, 1.165) is 19.3 Å². The lowest BCUT2D eigenvalue weighted by atomic mass is 9.95. The fraction of sp³-hybridized carbons (Fsp3) is 0.714. The van der Waals surface area contributed by atoms with Gasteiger partial charge in [0, 0.05) is 17.0 Å². The van der Waals surface area contributed by atoms with Gasteiger partial charge in [-0.25, -0.2) is 4.98 Å². The van der Waals surface area contributed by atoms with E-state index in [1.807, 2.05) is 6.20 Å². The standard InChI is InChI=1S/C14H23N3OS.ClH/c1-14(2,3)11-8-16-13(19-11)17-12(18)10-6-4-5-9(10)7-15;/h8-10H,4-7,15H2,1-3H3,(H,16,17,18);1H/t9-,10-;/m1./s1. The molecule has 1 aromatic rings. The molecule has 0 aliphatic heterocycles. The third-order valence-corrected chi connectivity index (χ3v) is 5.11. The van der Waals surface area contributed by atoms with Crippen LogP contribution >= 0.6 is 23.7 Å². The van der Waals surface area contributed by atoms with Gasteiger partial charge in [-0.3, -0.25) is 4.79 Å². The second kappa shape index (κ2) is 6.87. The van der Waals surface area contributed by atoms with Crippen LogP contribution in [0.3, 0.4) is 0 Å². The highest BCUT2D eigenvalue weighted by atomic mass is 35.5. The number of anilines is 1. The number of nitrogens with two attached hydrogens (primary N) is 1. The largest absolute Gasteiger partial charge is 0.330 e. The number of nitrogens with zero attached hydrogens (tertiary/aromatic N) is 1. The molecule has 1 aromatic heterocycles. The minimum atomic E-state index is 0. The summed E-state index contributed by atoms with van der Waals surface area (Å²) in [5.74, 6) is 0.483. The van der Waals surface area contributed by atoms with Gasteiger partial charge in [-0.1, -0.05) is 27.2 Å². The highest BCUT2D eigenvalue weighted by Crippen LogP contribution is 2.34. The van der Waals surface area contributed by atoms with E-state index in [1.165, 1.54) is 4.88 Å². The van der Waals surface area contributed by atoms with Gasteiger partial charge >= 0.3 is 0 Å². The van der Waals surface area contributed by atoms with Crippen LogP contribution in [0.5, 0.6) is 0 Å². The molecule has 1 saturated carbocycles. The maximum Gasteiger partial charge on any atom is 0.229 e. The predicted octanol–water partition coefficient (Wildman–Crippen LogP) is 3.18. The molecule has 1 heterocycles. The first kappa shape index (κ1) is 17.4. The highest BCUT2D eigenvalue weighted by Gasteiger charge is 2.32.